The van der Waals surface area contributed by atoms with E-state index in [-0.39, 0.29) is 5.56 Å². The zero-order valence-electron chi connectivity index (χ0n) is 9.32. The molecule has 1 aromatic heterocycles. The van der Waals surface area contributed by atoms with E-state index < -0.39 is 17.5 Å². The summed E-state index contributed by atoms with van der Waals surface area (Å²) in [6, 6.07) is 0.787. The number of aromatic nitrogens is 1. The van der Waals surface area contributed by atoms with Gasteiger partial charge in [0.1, 0.15) is 0 Å². The van der Waals surface area contributed by atoms with Crippen LogP contribution in [0.15, 0.2) is 30.7 Å². The number of carbonyl (C=O) groups is 1. The molecule has 3 nitrogen and oxygen atoms in total. The molecule has 0 saturated heterocycles. The third-order valence-electron chi connectivity index (χ3n) is 1.87. The van der Waals surface area contributed by atoms with E-state index in [0.717, 1.165) is 12.3 Å². The summed E-state index contributed by atoms with van der Waals surface area (Å²) in [5.41, 5.74) is -1.01. The largest absolute Gasteiger partial charge is 0.417 e. The highest BCUT2D eigenvalue weighted by atomic mass is 19.4. The second kappa shape index (κ2) is 4.99. The average molecular weight is 244 g/mol. The predicted molar refractivity (Wildman–Crippen MR) is 56.4 cm³/mol. The van der Waals surface area contributed by atoms with Gasteiger partial charge in [0, 0.05) is 44.3 Å². The molecule has 0 bridgehead atoms. The lowest BCUT2D eigenvalue weighted by molar-refractivity contribution is -0.137. The van der Waals surface area contributed by atoms with Gasteiger partial charge in [-0.3, -0.25) is 9.78 Å². The number of allylic oxidation sites excluding steroid dienone is 1. The normalized spacial score (nSPS) is 11.8. The summed E-state index contributed by atoms with van der Waals surface area (Å²) in [5, 5.41) is 0. The Hall–Kier alpha value is -1.85. The van der Waals surface area contributed by atoms with Gasteiger partial charge in [0.25, 0.3) is 0 Å². The third kappa shape index (κ3) is 3.90. The lowest BCUT2D eigenvalue weighted by atomic mass is 10.1. The number of pyridine rings is 1. The summed E-state index contributed by atoms with van der Waals surface area (Å²) in [6.07, 6.45) is -0.0433. The molecule has 0 saturated carbocycles. The van der Waals surface area contributed by atoms with Crippen molar-refractivity contribution in [2.75, 3.05) is 14.1 Å². The highest BCUT2D eigenvalue weighted by Gasteiger charge is 2.31. The zero-order valence-corrected chi connectivity index (χ0v) is 9.32. The lowest BCUT2D eigenvalue weighted by Crippen LogP contribution is -2.08. The van der Waals surface area contributed by atoms with Gasteiger partial charge in [-0.25, -0.2) is 0 Å². The van der Waals surface area contributed by atoms with Gasteiger partial charge >= 0.3 is 6.18 Å². The Morgan fingerprint density at radius 3 is 2.53 bits per heavy atom. The molecule has 0 aliphatic rings. The smallest absolute Gasteiger partial charge is 0.383 e. The molecule has 0 aliphatic heterocycles. The molecular weight excluding hydrogens is 233 g/mol. The van der Waals surface area contributed by atoms with Crippen LogP contribution in [0.4, 0.5) is 13.2 Å². The van der Waals surface area contributed by atoms with E-state index in [1.807, 2.05) is 0 Å². The number of nitrogens with zero attached hydrogens (tertiary/aromatic N) is 2. The molecule has 0 spiro atoms. The number of carbonyl (C=O) groups excluding carboxylic acids is 1. The van der Waals surface area contributed by atoms with Crippen molar-refractivity contribution in [1.82, 2.24) is 9.88 Å². The first-order chi connectivity index (χ1) is 7.80. The van der Waals surface area contributed by atoms with Crippen LogP contribution in [0.2, 0.25) is 0 Å². The van der Waals surface area contributed by atoms with Crippen molar-refractivity contribution in [2.24, 2.45) is 0 Å². The van der Waals surface area contributed by atoms with Crippen LogP contribution in [0.5, 0.6) is 0 Å². The molecule has 1 heterocycles. The van der Waals surface area contributed by atoms with Gasteiger partial charge in [0.15, 0.2) is 5.78 Å². The minimum absolute atomic E-state index is 0.0853. The van der Waals surface area contributed by atoms with Crippen molar-refractivity contribution in [3.63, 3.8) is 0 Å². The van der Waals surface area contributed by atoms with Crippen LogP contribution >= 0.6 is 0 Å². The number of alkyl halides is 3. The van der Waals surface area contributed by atoms with Gasteiger partial charge in [-0.15, -0.1) is 0 Å². The number of hydrogen-bond donors (Lipinski definition) is 0. The van der Waals surface area contributed by atoms with Crippen LogP contribution in [0.3, 0.4) is 0 Å². The van der Waals surface area contributed by atoms with Crippen molar-refractivity contribution < 1.29 is 18.0 Å². The number of hydrogen-bond acceptors (Lipinski definition) is 3. The topological polar surface area (TPSA) is 33.2 Å². The molecule has 6 heteroatoms. The first-order valence-corrected chi connectivity index (χ1v) is 4.72. The Labute approximate surface area is 96.6 Å². The van der Waals surface area contributed by atoms with Crippen molar-refractivity contribution in [3.8, 4) is 0 Å². The minimum Gasteiger partial charge on any atom is -0.383 e. The average Bonchev–Trinajstić information content (AvgIpc) is 2.25. The van der Waals surface area contributed by atoms with Crippen LogP contribution in [0.25, 0.3) is 0 Å². The molecular formula is C11H11F3N2O. The molecule has 0 unspecified atom stereocenters. The molecule has 0 atom stereocenters. The third-order valence-corrected chi connectivity index (χ3v) is 1.87. The molecule has 0 N–H and O–H groups in total. The van der Waals surface area contributed by atoms with Crippen LogP contribution in [-0.4, -0.2) is 29.8 Å². The molecule has 0 aliphatic carbocycles. The molecule has 0 radical (unpaired) electrons. The highest BCUT2D eigenvalue weighted by molar-refractivity contribution is 6.04. The van der Waals surface area contributed by atoms with E-state index in [9.17, 15) is 18.0 Å². The summed E-state index contributed by atoms with van der Waals surface area (Å²) in [7, 11) is 3.41. The Kier molecular flexibility index (Phi) is 3.88. The summed E-state index contributed by atoms with van der Waals surface area (Å²) in [6.45, 7) is 0. The van der Waals surface area contributed by atoms with Crippen LogP contribution in [-0.2, 0) is 6.18 Å². The Morgan fingerprint density at radius 1 is 1.35 bits per heavy atom. The fraction of sp³-hybridized carbons (Fsp3) is 0.273. The number of ketones is 1. The summed E-state index contributed by atoms with van der Waals surface area (Å²) >= 11 is 0. The van der Waals surface area contributed by atoms with Gasteiger partial charge in [-0.05, 0) is 6.07 Å². The van der Waals surface area contributed by atoms with Crippen molar-refractivity contribution in [2.45, 2.75) is 6.18 Å². The van der Waals surface area contributed by atoms with Crippen LogP contribution < -0.4 is 0 Å². The Balaban J connectivity index is 2.96. The molecule has 1 rings (SSSR count). The zero-order chi connectivity index (χ0) is 13.1. The van der Waals surface area contributed by atoms with Crippen LogP contribution in [0.1, 0.15) is 15.9 Å². The lowest BCUT2D eigenvalue weighted by Gasteiger charge is -2.07. The summed E-state index contributed by atoms with van der Waals surface area (Å²) in [5.74, 6) is -0.516. The minimum atomic E-state index is -4.49. The molecule has 92 valence electrons. The van der Waals surface area contributed by atoms with E-state index in [2.05, 4.69) is 4.98 Å². The molecule has 17 heavy (non-hydrogen) atoms. The van der Waals surface area contributed by atoms with E-state index >= 15 is 0 Å². The standard InChI is InChI=1S/C11H11F3N2O/c1-16(2)4-3-10(17)8-5-9(7-15-6-8)11(12,13)14/h3-7H,1-2H3. The van der Waals surface area contributed by atoms with Gasteiger partial charge in [-0.2, -0.15) is 13.2 Å². The Morgan fingerprint density at radius 2 is 2.00 bits per heavy atom. The quantitative estimate of drug-likeness (QED) is 0.604. The maximum Gasteiger partial charge on any atom is 0.417 e. The number of halogens is 3. The van der Waals surface area contributed by atoms with E-state index in [4.69, 9.17) is 0 Å². The monoisotopic (exact) mass is 244 g/mol. The van der Waals surface area contributed by atoms with Crippen molar-refractivity contribution in [1.29, 1.82) is 0 Å². The second-order valence-electron chi connectivity index (χ2n) is 3.60. The van der Waals surface area contributed by atoms with Gasteiger partial charge in [0.2, 0.25) is 0 Å². The van der Waals surface area contributed by atoms with Crippen molar-refractivity contribution in [3.05, 3.63) is 41.9 Å². The highest BCUT2D eigenvalue weighted by Crippen LogP contribution is 2.28. The summed E-state index contributed by atoms with van der Waals surface area (Å²) < 4.78 is 37.1. The fourth-order valence-electron chi connectivity index (χ4n) is 1.04. The van der Waals surface area contributed by atoms with Gasteiger partial charge in [-0.1, -0.05) is 0 Å². The van der Waals surface area contributed by atoms with Gasteiger partial charge < -0.3 is 4.90 Å². The van der Waals surface area contributed by atoms with Crippen molar-refractivity contribution >= 4 is 5.78 Å². The fourth-order valence-corrected chi connectivity index (χ4v) is 1.04. The first-order valence-electron chi connectivity index (χ1n) is 4.72. The van der Waals surface area contributed by atoms with E-state index in [0.29, 0.717) is 6.20 Å². The Bertz CT molecular complexity index is 439. The van der Waals surface area contributed by atoms with E-state index in [1.54, 1.807) is 19.0 Å². The molecule has 0 aromatic carbocycles. The second-order valence-corrected chi connectivity index (χ2v) is 3.60. The van der Waals surface area contributed by atoms with Gasteiger partial charge in [0.05, 0.1) is 5.56 Å². The maximum atomic E-state index is 12.4. The first kappa shape index (κ1) is 13.2. The summed E-state index contributed by atoms with van der Waals surface area (Å²) in [4.78, 5) is 16.5. The number of rotatable bonds is 3. The maximum absolute atomic E-state index is 12.4. The SMILES string of the molecule is CN(C)C=CC(=O)c1cncc(C(F)(F)F)c1. The van der Waals surface area contributed by atoms with Crippen LogP contribution in [0, 0.1) is 0 Å². The predicted octanol–water partition coefficient (Wildman–Crippen LogP) is 2.36. The molecule has 0 fully saturated rings. The molecule has 1 aromatic rings. The molecule has 0 amide bonds. The van der Waals surface area contributed by atoms with E-state index in [1.165, 1.54) is 12.3 Å².